The first-order chi connectivity index (χ1) is 19.3. The molecule has 3 N–H and O–H groups in total. The number of nitrogens with two attached hydrogens (primary N) is 1. The maximum Gasteiger partial charge on any atom is 0.323 e. The van der Waals surface area contributed by atoms with Crippen LogP contribution in [0.1, 0.15) is 17.0 Å². The van der Waals surface area contributed by atoms with E-state index >= 15 is 0 Å². The Kier molecular flexibility index (Phi) is 7.79. The Morgan fingerprint density at radius 1 is 0.875 bits per heavy atom. The smallest absolute Gasteiger partial charge is 0.323 e. The van der Waals surface area contributed by atoms with Gasteiger partial charge in [0.1, 0.15) is 0 Å². The molecule has 3 aromatic carbocycles. The third-order valence-electron chi connectivity index (χ3n) is 7.18. The zero-order chi connectivity index (χ0) is 28.2. The normalized spacial score (nSPS) is 11.2. The standard InChI is InChI=1S/C32H35N7O/c1-22-29(15-16-38(4)21-25-18-28(37(2)3)20-34-36-25)30-19-27(13-14-31(30)35-22)39(32(33)40)26-12-8-11-24(17-26)23-9-6-5-7-10-23/h5-14,17-20,35H,15-16,21H2,1-4H3,(H2,33,40). The van der Waals surface area contributed by atoms with Gasteiger partial charge < -0.3 is 20.5 Å². The zero-order valence-corrected chi connectivity index (χ0v) is 23.4. The summed E-state index contributed by atoms with van der Waals surface area (Å²) in [5.41, 5.74) is 14.8. The van der Waals surface area contributed by atoms with Crippen LogP contribution in [0.4, 0.5) is 21.9 Å². The maximum absolute atomic E-state index is 12.7. The number of aromatic amines is 1. The SMILES string of the molecule is Cc1[nH]c2ccc(N(C(N)=O)c3cccc(-c4ccccc4)c3)cc2c1CCN(C)Cc1cc(N(C)C)cnn1. The van der Waals surface area contributed by atoms with Crippen molar-refractivity contribution in [2.75, 3.05) is 37.5 Å². The summed E-state index contributed by atoms with van der Waals surface area (Å²) in [6.45, 7) is 3.63. The average Bonchev–Trinajstić information content (AvgIpc) is 3.26. The molecule has 0 saturated carbocycles. The second kappa shape index (κ2) is 11.6. The van der Waals surface area contributed by atoms with Crippen molar-refractivity contribution in [1.82, 2.24) is 20.1 Å². The number of urea groups is 1. The van der Waals surface area contributed by atoms with Gasteiger partial charge in [-0.05, 0) is 73.5 Å². The van der Waals surface area contributed by atoms with Crippen molar-refractivity contribution in [3.63, 3.8) is 0 Å². The molecule has 0 bridgehead atoms. The quantitative estimate of drug-likeness (QED) is 0.246. The van der Waals surface area contributed by atoms with E-state index in [1.54, 1.807) is 11.1 Å². The number of aryl methyl sites for hydroxylation is 1. The van der Waals surface area contributed by atoms with E-state index in [2.05, 4.69) is 58.3 Å². The number of primary amides is 1. The Labute approximate surface area is 235 Å². The third-order valence-corrected chi connectivity index (χ3v) is 7.18. The molecule has 0 aliphatic rings. The second-order valence-electron chi connectivity index (χ2n) is 10.3. The molecule has 40 heavy (non-hydrogen) atoms. The number of carbonyl (C=O) groups excluding carboxylic acids is 1. The molecule has 204 valence electrons. The molecular weight excluding hydrogens is 498 g/mol. The minimum Gasteiger partial charge on any atom is -0.376 e. The van der Waals surface area contributed by atoms with Crippen molar-refractivity contribution in [3.05, 3.63) is 102 Å². The van der Waals surface area contributed by atoms with E-state index in [9.17, 15) is 4.79 Å². The van der Waals surface area contributed by atoms with E-state index in [1.807, 2.05) is 73.6 Å². The van der Waals surface area contributed by atoms with Gasteiger partial charge in [0.05, 0.1) is 29.0 Å². The summed E-state index contributed by atoms with van der Waals surface area (Å²) < 4.78 is 0. The number of hydrogen-bond acceptors (Lipinski definition) is 5. The van der Waals surface area contributed by atoms with Crippen molar-refractivity contribution in [3.8, 4) is 11.1 Å². The Morgan fingerprint density at radius 3 is 2.38 bits per heavy atom. The summed E-state index contributed by atoms with van der Waals surface area (Å²) in [6.07, 6.45) is 2.61. The monoisotopic (exact) mass is 533 g/mol. The van der Waals surface area contributed by atoms with E-state index in [1.165, 1.54) is 5.56 Å². The maximum atomic E-state index is 12.7. The molecular formula is C32H35N7O. The molecule has 2 amide bonds. The Hall–Kier alpha value is -4.69. The first-order valence-electron chi connectivity index (χ1n) is 13.3. The number of aromatic nitrogens is 3. The van der Waals surface area contributed by atoms with Crippen LogP contribution < -0.4 is 15.5 Å². The van der Waals surface area contributed by atoms with Crippen LogP contribution in [0.3, 0.4) is 0 Å². The molecule has 0 aliphatic heterocycles. The fourth-order valence-corrected chi connectivity index (χ4v) is 5.07. The van der Waals surface area contributed by atoms with Crippen LogP contribution in [0, 0.1) is 6.92 Å². The van der Waals surface area contributed by atoms with Crippen LogP contribution in [0.5, 0.6) is 0 Å². The first-order valence-corrected chi connectivity index (χ1v) is 13.3. The summed E-state index contributed by atoms with van der Waals surface area (Å²) in [7, 11) is 6.09. The molecule has 5 rings (SSSR count). The summed E-state index contributed by atoms with van der Waals surface area (Å²) in [5.74, 6) is 0. The topological polar surface area (TPSA) is 94.4 Å². The number of anilines is 3. The van der Waals surface area contributed by atoms with Crippen LogP contribution in [-0.4, -0.2) is 53.8 Å². The number of H-pyrrole nitrogens is 1. The fourth-order valence-electron chi connectivity index (χ4n) is 5.07. The average molecular weight is 534 g/mol. The Balaban J connectivity index is 1.40. The number of benzene rings is 3. The zero-order valence-electron chi connectivity index (χ0n) is 23.4. The van der Waals surface area contributed by atoms with Crippen LogP contribution in [0.25, 0.3) is 22.0 Å². The lowest BCUT2D eigenvalue weighted by atomic mass is 10.0. The van der Waals surface area contributed by atoms with Gasteiger partial charge in [-0.15, -0.1) is 0 Å². The largest absolute Gasteiger partial charge is 0.376 e. The molecule has 0 radical (unpaired) electrons. The highest BCUT2D eigenvalue weighted by Crippen LogP contribution is 2.33. The number of fused-ring (bicyclic) bond motifs is 1. The number of carbonyl (C=O) groups is 1. The fraction of sp³-hybridized carbons (Fsp3) is 0.219. The Bertz CT molecular complexity index is 1630. The molecule has 0 unspecified atom stereocenters. The van der Waals surface area contributed by atoms with Gasteiger partial charge in [0.2, 0.25) is 0 Å². The lowest BCUT2D eigenvalue weighted by Gasteiger charge is -2.22. The summed E-state index contributed by atoms with van der Waals surface area (Å²) in [5, 5.41) is 9.53. The van der Waals surface area contributed by atoms with Crippen molar-refractivity contribution in [2.45, 2.75) is 19.9 Å². The predicted octanol–water partition coefficient (Wildman–Crippen LogP) is 5.89. The van der Waals surface area contributed by atoms with Crippen LogP contribution >= 0.6 is 0 Å². The van der Waals surface area contributed by atoms with Gasteiger partial charge >= 0.3 is 6.03 Å². The molecule has 2 heterocycles. The van der Waals surface area contributed by atoms with Crippen LogP contribution in [-0.2, 0) is 13.0 Å². The van der Waals surface area contributed by atoms with Gasteiger partial charge in [-0.1, -0.05) is 42.5 Å². The van der Waals surface area contributed by atoms with Crippen molar-refractivity contribution in [1.29, 1.82) is 0 Å². The molecule has 8 nitrogen and oxygen atoms in total. The van der Waals surface area contributed by atoms with E-state index in [0.717, 1.165) is 63.4 Å². The van der Waals surface area contributed by atoms with Gasteiger partial charge in [-0.25, -0.2) is 4.79 Å². The third kappa shape index (κ3) is 5.82. The van der Waals surface area contributed by atoms with E-state index in [0.29, 0.717) is 6.54 Å². The van der Waals surface area contributed by atoms with Crippen molar-refractivity contribution in [2.24, 2.45) is 5.73 Å². The first kappa shape index (κ1) is 26.9. The summed E-state index contributed by atoms with van der Waals surface area (Å²) in [6, 6.07) is 25.5. The van der Waals surface area contributed by atoms with Crippen molar-refractivity contribution < 1.29 is 4.79 Å². The predicted molar refractivity (Wildman–Crippen MR) is 163 cm³/mol. The molecule has 5 aromatic rings. The number of rotatable bonds is 9. The van der Waals surface area contributed by atoms with Gasteiger partial charge in [0, 0.05) is 43.8 Å². The highest BCUT2D eigenvalue weighted by molar-refractivity contribution is 6.01. The molecule has 8 heteroatoms. The van der Waals surface area contributed by atoms with E-state index in [4.69, 9.17) is 5.73 Å². The number of nitrogens with one attached hydrogen (secondary N) is 1. The van der Waals surface area contributed by atoms with Gasteiger partial charge in [-0.2, -0.15) is 10.2 Å². The summed E-state index contributed by atoms with van der Waals surface area (Å²) >= 11 is 0. The van der Waals surface area contributed by atoms with E-state index < -0.39 is 6.03 Å². The molecule has 0 fully saturated rings. The van der Waals surface area contributed by atoms with Crippen LogP contribution in [0.2, 0.25) is 0 Å². The molecule has 0 saturated heterocycles. The minimum absolute atomic E-state index is 0.529. The number of nitrogens with zero attached hydrogens (tertiary/aromatic N) is 5. The molecule has 2 aromatic heterocycles. The van der Waals surface area contributed by atoms with Gasteiger partial charge in [-0.3, -0.25) is 4.90 Å². The lowest BCUT2D eigenvalue weighted by Crippen LogP contribution is -2.31. The second-order valence-corrected chi connectivity index (χ2v) is 10.3. The highest BCUT2D eigenvalue weighted by Gasteiger charge is 2.18. The number of amides is 2. The minimum atomic E-state index is -0.529. The van der Waals surface area contributed by atoms with Crippen molar-refractivity contribution >= 4 is 34.0 Å². The van der Waals surface area contributed by atoms with E-state index in [-0.39, 0.29) is 0 Å². The Morgan fingerprint density at radius 2 is 1.62 bits per heavy atom. The van der Waals surface area contributed by atoms with Gasteiger partial charge in [0.25, 0.3) is 0 Å². The molecule has 0 atom stereocenters. The molecule has 0 spiro atoms. The highest BCUT2D eigenvalue weighted by atomic mass is 16.2. The summed E-state index contributed by atoms with van der Waals surface area (Å²) in [4.78, 5) is 22.1. The lowest BCUT2D eigenvalue weighted by molar-refractivity contribution is 0.256. The van der Waals surface area contributed by atoms with Crippen LogP contribution in [0.15, 0.2) is 85.1 Å². The molecule has 0 aliphatic carbocycles. The number of hydrogen-bond donors (Lipinski definition) is 2. The number of likely N-dealkylation sites (N-methyl/N-ethyl adjacent to an activating group) is 1. The van der Waals surface area contributed by atoms with Gasteiger partial charge in [0.15, 0.2) is 0 Å².